The molecule has 2 aromatic heterocycles. The van der Waals surface area contributed by atoms with Gasteiger partial charge < -0.3 is 9.73 Å². The second kappa shape index (κ2) is 5.48. The fourth-order valence-electron chi connectivity index (χ4n) is 2.31. The summed E-state index contributed by atoms with van der Waals surface area (Å²) in [7, 11) is 0. The standard InChI is InChI=1S/C12H16N4OS/c1-2-4-10(5-3-1)11-15-16-12(17-11)13-6-9-7-14-18-8-9/h7-8,10H,1-6H2,(H,13,16). The fourth-order valence-corrected chi connectivity index (χ4v) is 2.85. The maximum absolute atomic E-state index is 5.67. The Balaban J connectivity index is 1.59. The van der Waals surface area contributed by atoms with E-state index < -0.39 is 0 Å². The molecule has 0 unspecified atom stereocenters. The van der Waals surface area contributed by atoms with Crippen LogP contribution in [0, 0.1) is 0 Å². The third-order valence-electron chi connectivity index (χ3n) is 3.32. The van der Waals surface area contributed by atoms with Gasteiger partial charge in [-0.3, -0.25) is 0 Å². The molecule has 0 amide bonds. The molecular weight excluding hydrogens is 248 g/mol. The predicted molar refractivity (Wildman–Crippen MR) is 69.6 cm³/mol. The van der Waals surface area contributed by atoms with Crippen molar-refractivity contribution in [1.82, 2.24) is 14.6 Å². The molecule has 0 bridgehead atoms. The van der Waals surface area contributed by atoms with Gasteiger partial charge in [-0.1, -0.05) is 24.4 Å². The minimum Gasteiger partial charge on any atom is -0.408 e. The van der Waals surface area contributed by atoms with Crippen LogP contribution in [0.5, 0.6) is 0 Å². The van der Waals surface area contributed by atoms with Gasteiger partial charge in [0.2, 0.25) is 5.89 Å². The smallest absolute Gasteiger partial charge is 0.315 e. The van der Waals surface area contributed by atoms with Gasteiger partial charge in [-0.25, -0.2) is 4.37 Å². The molecule has 1 saturated carbocycles. The quantitative estimate of drug-likeness (QED) is 0.918. The summed E-state index contributed by atoms with van der Waals surface area (Å²) < 4.78 is 9.72. The Bertz CT molecular complexity index is 476. The first-order chi connectivity index (χ1) is 8.92. The molecule has 1 aliphatic rings. The number of aromatic nitrogens is 3. The zero-order chi connectivity index (χ0) is 12.2. The molecule has 3 rings (SSSR count). The molecule has 0 radical (unpaired) electrons. The van der Waals surface area contributed by atoms with Crippen LogP contribution in [0.15, 0.2) is 16.0 Å². The van der Waals surface area contributed by atoms with Crippen molar-refractivity contribution in [2.24, 2.45) is 0 Å². The second-order valence-electron chi connectivity index (χ2n) is 4.67. The van der Waals surface area contributed by atoms with Gasteiger partial charge in [-0.2, -0.15) is 0 Å². The Hall–Kier alpha value is -1.43. The highest BCUT2D eigenvalue weighted by Gasteiger charge is 2.21. The lowest BCUT2D eigenvalue weighted by molar-refractivity contribution is 0.367. The molecule has 6 heteroatoms. The third-order valence-corrected chi connectivity index (χ3v) is 3.96. The van der Waals surface area contributed by atoms with Crippen molar-refractivity contribution in [1.29, 1.82) is 0 Å². The van der Waals surface area contributed by atoms with E-state index >= 15 is 0 Å². The summed E-state index contributed by atoms with van der Waals surface area (Å²) in [6, 6.07) is 0.516. The third kappa shape index (κ3) is 2.69. The molecule has 0 aliphatic heterocycles. The van der Waals surface area contributed by atoms with E-state index in [1.54, 1.807) is 0 Å². The largest absolute Gasteiger partial charge is 0.408 e. The molecule has 2 aromatic rings. The second-order valence-corrected chi connectivity index (χ2v) is 5.32. The van der Waals surface area contributed by atoms with Crippen molar-refractivity contribution in [3.63, 3.8) is 0 Å². The van der Waals surface area contributed by atoms with Gasteiger partial charge in [0.25, 0.3) is 0 Å². The summed E-state index contributed by atoms with van der Waals surface area (Å²) in [5, 5.41) is 13.3. The van der Waals surface area contributed by atoms with E-state index in [2.05, 4.69) is 19.9 Å². The van der Waals surface area contributed by atoms with Crippen molar-refractivity contribution in [3.8, 4) is 0 Å². The summed E-state index contributed by atoms with van der Waals surface area (Å²) >= 11 is 1.45. The molecule has 0 atom stereocenters. The SMILES string of the molecule is c1nscc1CNc1nnc(C2CCCCC2)o1. The first kappa shape index (κ1) is 11.6. The minimum absolute atomic E-state index is 0.463. The van der Waals surface area contributed by atoms with E-state index in [-0.39, 0.29) is 0 Å². The molecule has 2 heterocycles. The van der Waals surface area contributed by atoms with Crippen LogP contribution >= 0.6 is 11.5 Å². The van der Waals surface area contributed by atoms with Gasteiger partial charge in [-0.05, 0) is 24.4 Å². The fraction of sp³-hybridized carbons (Fsp3) is 0.583. The van der Waals surface area contributed by atoms with E-state index in [1.807, 2.05) is 11.6 Å². The van der Waals surface area contributed by atoms with Gasteiger partial charge in [0.1, 0.15) is 0 Å². The van der Waals surface area contributed by atoms with Crippen LogP contribution in [0.4, 0.5) is 6.01 Å². The first-order valence-corrected chi connectivity index (χ1v) is 7.21. The lowest BCUT2D eigenvalue weighted by atomic mass is 9.89. The van der Waals surface area contributed by atoms with Crippen LogP contribution in [0.25, 0.3) is 0 Å². The topological polar surface area (TPSA) is 63.8 Å². The van der Waals surface area contributed by atoms with Gasteiger partial charge in [0.05, 0.1) is 0 Å². The normalized spacial score (nSPS) is 16.9. The van der Waals surface area contributed by atoms with Gasteiger partial charge in [0.15, 0.2) is 0 Å². The highest BCUT2D eigenvalue weighted by Crippen LogP contribution is 2.32. The van der Waals surface area contributed by atoms with Crippen LogP contribution < -0.4 is 5.32 Å². The van der Waals surface area contributed by atoms with Gasteiger partial charge in [0, 0.05) is 29.6 Å². The molecule has 5 nitrogen and oxygen atoms in total. The zero-order valence-electron chi connectivity index (χ0n) is 10.1. The number of hydrogen-bond acceptors (Lipinski definition) is 6. The molecule has 0 spiro atoms. The van der Waals surface area contributed by atoms with Crippen molar-refractivity contribution in [3.05, 3.63) is 23.0 Å². The van der Waals surface area contributed by atoms with Crippen LogP contribution in [0.2, 0.25) is 0 Å². The maximum atomic E-state index is 5.67. The zero-order valence-corrected chi connectivity index (χ0v) is 10.9. The summed E-state index contributed by atoms with van der Waals surface area (Å²) in [6.07, 6.45) is 8.08. The molecule has 18 heavy (non-hydrogen) atoms. The summed E-state index contributed by atoms with van der Waals surface area (Å²) in [5.41, 5.74) is 1.14. The minimum atomic E-state index is 0.463. The monoisotopic (exact) mass is 264 g/mol. The molecule has 1 N–H and O–H groups in total. The molecule has 1 aliphatic carbocycles. The highest BCUT2D eigenvalue weighted by atomic mass is 32.1. The maximum Gasteiger partial charge on any atom is 0.315 e. The van der Waals surface area contributed by atoms with E-state index in [0.717, 1.165) is 11.5 Å². The summed E-state index contributed by atoms with van der Waals surface area (Å²) in [5.74, 6) is 1.25. The van der Waals surface area contributed by atoms with Crippen LogP contribution in [0.1, 0.15) is 49.5 Å². The van der Waals surface area contributed by atoms with Crippen LogP contribution in [-0.4, -0.2) is 14.6 Å². The van der Waals surface area contributed by atoms with Gasteiger partial charge in [-0.15, -0.1) is 5.10 Å². The Labute approximate surface area is 110 Å². The molecule has 0 aromatic carbocycles. The number of hydrogen-bond donors (Lipinski definition) is 1. The van der Waals surface area contributed by atoms with Gasteiger partial charge >= 0.3 is 6.01 Å². The Morgan fingerprint density at radius 1 is 1.28 bits per heavy atom. The van der Waals surface area contributed by atoms with E-state index in [0.29, 0.717) is 18.5 Å². The average Bonchev–Trinajstić information content (AvgIpc) is 3.09. The summed E-state index contributed by atoms with van der Waals surface area (Å²) in [4.78, 5) is 0. The molecule has 0 saturated heterocycles. The molecule has 96 valence electrons. The number of nitrogens with zero attached hydrogens (tertiary/aromatic N) is 3. The Kier molecular flexibility index (Phi) is 3.54. The Morgan fingerprint density at radius 3 is 2.94 bits per heavy atom. The predicted octanol–water partition coefficient (Wildman–Crippen LogP) is 3.19. The Morgan fingerprint density at radius 2 is 2.17 bits per heavy atom. The average molecular weight is 264 g/mol. The first-order valence-electron chi connectivity index (χ1n) is 6.37. The van der Waals surface area contributed by atoms with E-state index in [1.165, 1.54) is 43.6 Å². The number of nitrogens with one attached hydrogen (secondary N) is 1. The number of anilines is 1. The van der Waals surface area contributed by atoms with E-state index in [4.69, 9.17) is 4.42 Å². The summed E-state index contributed by atoms with van der Waals surface area (Å²) in [6.45, 7) is 0.683. The van der Waals surface area contributed by atoms with Crippen molar-refractivity contribution >= 4 is 17.5 Å². The molecule has 1 fully saturated rings. The van der Waals surface area contributed by atoms with Crippen molar-refractivity contribution < 1.29 is 4.42 Å². The highest BCUT2D eigenvalue weighted by molar-refractivity contribution is 7.03. The lowest BCUT2D eigenvalue weighted by Crippen LogP contribution is -2.04. The van der Waals surface area contributed by atoms with Crippen LogP contribution in [-0.2, 0) is 6.54 Å². The van der Waals surface area contributed by atoms with Crippen molar-refractivity contribution in [2.45, 2.75) is 44.6 Å². The van der Waals surface area contributed by atoms with E-state index in [9.17, 15) is 0 Å². The lowest BCUT2D eigenvalue weighted by Gasteiger charge is -2.17. The number of rotatable bonds is 4. The van der Waals surface area contributed by atoms with Crippen LogP contribution in [0.3, 0.4) is 0 Å². The molecular formula is C12H16N4OS. The van der Waals surface area contributed by atoms with Crippen molar-refractivity contribution in [2.75, 3.05) is 5.32 Å².